The normalized spacial score (nSPS) is 11.9. The third-order valence-corrected chi connectivity index (χ3v) is 5.89. The summed E-state index contributed by atoms with van der Waals surface area (Å²) in [6, 6.07) is 1.43. The molecule has 0 aromatic carbocycles. The van der Waals surface area contributed by atoms with Gasteiger partial charge >= 0.3 is 0 Å². The molecule has 0 saturated carbocycles. The predicted molar refractivity (Wildman–Crippen MR) is 71.1 cm³/mol. The molecule has 0 spiro atoms. The quantitative estimate of drug-likeness (QED) is 0.785. The topological polar surface area (TPSA) is 105 Å². The number of rotatable bonds is 6. The monoisotopic (exact) mass is 367 g/mol. The molecule has 0 radical (unpaired) electrons. The molecule has 0 atom stereocenters. The van der Waals surface area contributed by atoms with Crippen LogP contribution < -0.4 is 4.72 Å². The number of sulfonamides is 1. The minimum Gasteiger partial charge on any atom is -0.391 e. The molecule has 0 aliphatic carbocycles. The summed E-state index contributed by atoms with van der Waals surface area (Å²) in [6.45, 7) is -0.0396. The van der Waals surface area contributed by atoms with Crippen molar-refractivity contribution < 1.29 is 18.0 Å². The number of aliphatic hydroxyl groups is 1. The first-order chi connectivity index (χ1) is 9.03. The van der Waals surface area contributed by atoms with E-state index in [1.807, 2.05) is 0 Å². The van der Waals surface area contributed by atoms with Crippen LogP contribution in [0, 0.1) is 0 Å². The van der Waals surface area contributed by atoms with Crippen molar-refractivity contribution in [2.45, 2.75) is 17.9 Å². The molecule has 0 fully saturated rings. The molecule has 2 aromatic heterocycles. The molecule has 2 heterocycles. The first kappa shape index (κ1) is 14.6. The Balaban J connectivity index is 2.03. The standard InChI is InChI=1S/C9H10BrN3O4S2/c10-9-7(3-6(4-14)18-9)19(15,16)13-2-1-8-11-5-12-17-8/h3,5,13-14H,1-2,4H2. The number of hydrogen-bond donors (Lipinski definition) is 2. The number of aromatic nitrogens is 2. The van der Waals surface area contributed by atoms with Gasteiger partial charge in [0.1, 0.15) is 4.90 Å². The van der Waals surface area contributed by atoms with E-state index in [-0.39, 0.29) is 18.0 Å². The number of nitrogens with zero attached hydrogens (tertiary/aromatic N) is 2. The van der Waals surface area contributed by atoms with Crippen LogP contribution in [0.4, 0.5) is 0 Å². The van der Waals surface area contributed by atoms with Crippen LogP contribution >= 0.6 is 27.3 Å². The fraction of sp³-hybridized carbons (Fsp3) is 0.333. The number of halogens is 1. The molecule has 7 nitrogen and oxygen atoms in total. The average Bonchev–Trinajstić information content (AvgIpc) is 2.98. The largest absolute Gasteiger partial charge is 0.391 e. The van der Waals surface area contributed by atoms with E-state index in [4.69, 9.17) is 9.63 Å². The molecule has 0 bridgehead atoms. The Labute approximate surface area is 121 Å². The molecule has 2 rings (SSSR count). The molecular weight excluding hydrogens is 358 g/mol. The fourth-order valence-corrected chi connectivity index (χ4v) is 4.91. The fourth-order valence-electron chi connectivity index (χ4n) is 1.34. The molecule has 2 N–H and O–H groups in total. The van der Waals surface area contributed by atoms with Gasteiger partial charge in [0.05, 0.1) is 10.4 Å². The van der Waals surface area contributed by atoms with E-state index in [2.05, 4.69) is 30.8 Å². The smallest absolute Gasteiger partial charge is 0.242 e. The van der Waals surface area contributed by atoms with E-state index < -0.39 is 10.0 Å². The summed E-state index contributed by atoms with van der Waals surface area (Å²) in [7, 11) is -3.62. The maximum absolute atomic E-state index is 12.0. The summed E-state index contributed by atoms with van der Waals surface area (Å²) in [5, 5.41) is 12.4. The highest BCUT2D eigenvalue weighted by molar-refractivity contribution is 9.11. The van der Waals surface area contributed by atoms with Crippen LogP contribution in [0.2, 0.25) is 0 Å². The van der Waals surface area contributed by atoms with Crippen molar-refractivity contribution >= 4 is 37.3 Å². The molecule has 0 unspecified atom stereocenters. The maximum Gasteiger partial charge on any atom is 0.242 e. The van der Waals surface area contributed by atoms with Gasteiger partial charge in [-0.2, -0.15) is 4.98 Å². The van der Waals surface area contributed by atoms with Crippen LogP contribution in [-0.2, 0) is 23.1 Å². The Hall–Kier alpha value is -0.810. The lowest BCUT2D eigenvalue weighted by Gasteiger charge is -2.03. The molecule has 2 aromatic rings. The summed E-state index contributed by atoms with van der Waals surface area (Å²) >= 11 is 4.35. The van der Waals surface area contributed by atoms with Gasteiger partial charge in [-0.25, -0.2) is 13.1 Å². The summed E-state index contributed by atoms with van der Waals surface area (Å²) in [6.07, 6.45) is 1.57. The lowest BCUT2D eigenvalue weighted by molar-refractivity contribution is 0.285. The molecule has 0 amide bonds. The van der Waals surface area contributed by atoms with Crippen molar-refractivity contribution in [3.05, 3.63) is 26.9 Å². The molecule has 19 heavy (non-hydrogen) atoms. The van der Waals surface area contributed by atoms with Gasteiger partial charge in [0.25, 0.3) is 0 Å². The zero-order chi connectivity index (χ0) is 13.9. The third-order valence-electron chi connectivity index (χ3n) is 2.19. The van der Waals surface area contributed by atoms with Gasteiger partial charge in [-0.1, -0.05) is 5.16 Å². The number of hydrogen-bond acceptors (Lipinski definition) is 7. The molecule has 0 aliphatic heterocycles. The van der Waals surface area contributed by atoms with E-state index in [1.165, 1.54) is 23.7 Å². The van der Waals surface area contributed by atoms with E-state index in [9.17, 15) is 8.42 Å². The number of nitrogens with one attached hydrogen (secondary N) is 1. The van der Waals surface area contributed by atoms with Gasteiger partial charge in [0.15, 0.2) is 6.33 Å². The van der Waals surface area contributed by atoms with Crippen LogP contribution in [0.3, 0.4) is 0 Å². The predicted octanol–water partition coefficient (Wildman–Crippen LogP) is 0.907. The van der Waals surface area contributed by atoms with Crippen LogP contribution in [-0.4, -0.2) is 30.2 Å². The second-order valence-corrected chi connectivity index (χ2v) is 7.68. The first-order valence-corrected chi connectivity index (χ1v) is 8.26. The second-order valence-electron chi connectivity index (χ2n) is 3.49. The zero-order valence-corrected chi connectivity index (χ0v) is 12.8. The van der Waals surface area contributed by atoms with Gasteiger partial charge in [-0.05, 0) is 22.0 Å². The molecule has 0 saturated heterocycles. The van der Waals surface area contributed by atoms with Gasteiger partial charge in [0.2, 0.25) is 15.9 Å². The Morgan fingerprint density at radius 3 is 2.89 bits per heavy atom. The highest BCUT2D eigenvalue weighted by Gasteiger charge is 2.20. The van der Waals surface area contributed by atoms with E-state index >= 15 is 0 Å². The van der Waals surface area contributed by atoms with Crippen molar-refractivity contribution in [2.24, 2.45) is 0 Å². The van der Waals surface area contributed by atoms with Crippen molar-refractivity contribution in [2.75, 3.05) is 6.54 Å². The zero-order valence-electron chi connectivity index (χ0n) is 9.54. The molecular formula is C9H10BrN3O4S2. The molecule has 0 aliphatic rings. The maximum atomic E-state index is 12.0. The number of thiophene rings is 1. The number of aliphatic hydroxyl groups excluding tert-OH is 1. The highest BCUT2D eigenvalue weighted by Crippen LogP contribution is 2.31. The SMILES string of the molecule is O=S(=O)(NCCc1ncno1)c1cc(CO)sc1Br. The Morgan fingerprint density at radius 2 is 2.32 bits per heavy atom. The van der Waals surface area contributed by atoms with E-state index in [0.29, 0.717) is 21.0 Å². The van der Waals surface area contributed by atoms with Crippen molar-refractivity contribution in [3.8, 4) is 0 Å². The van der Waals surface area contributed by atoms with Crippen LogP contribution in [0.25, 0.3) is 0 Å². The minimum atomic E-state index is -3.62. The minimum absolute atomic E-state index is 0.118. The summed E-state index contributed by atoms with van der Waals surface area (Å²) in [5.74, 6) is 0.364. The Bertz CT molecular complexity index is 638. The van der Waals surface area contributed by atoms with Gasteiger partial charge in [-0.3, -0.25) is 0 Å². The molecule has 10 heteroatoms. The Morgan fingerprint density at radius 1 is 1.53 bits per heavy atom. The lowest BCUT2D eigenvalue weighted by Crippen LogP contribution is -2.26. The lowest BCUT2D eigenvalue weighted by atomic mass is 10.4. The highest BCUT2D eigenvalue weighted by atomic mass is 79.9. The second kappa shape index (κ2) is 6.09. The average molecular weight is 368 g/mol. The van der Waals surface area contributed by atoms with Gasteiger partial charge in [0, 0.05) is 17.8 Å². The van der Waals surface area contributed by atoms with Crippen molar-refractivity contribution in [3.63, 3.8) is 0 Å². The van der Waals surface area contributed by atoms with E-state index in [0.717, 1.165) is 0 Å². The van der Waals surface area contributed by atoms with E-state index in [1.54, 1.807) is 0 Å². The summed E-state index contributed by atoms with van der Waals surface area (Å²) < 4.78 is 31.7. The van der Waals surface area contributed by atoms with Gasteiger partial charge < -0.3 is 9.63 Å². The first-order valence-electron chi connectivity index (χ1n) is 5.17. The summed E-state index contributed by atoms with van der Waals surface area (Å²) in [4.78, 5) is 4.48. The van der Waals surface area contributed by atoms with Gasteiger partial charge in [-0.15, -0.1) is 11.3 Å². The van der Waals surface area contributed by atoms with Crippen molar-refractivity contribution in [1.82, 2.24) is 14.9 Å². The third kappa shape index (κ3) is 3.60. The Kier molecular flexibility index (Phi) is 4.68. The van der Waals surface area contributed by atoms with Crippen LogP contribution in [0.1, 0.15) is 10.8 Å². The van der Waals surface area contributed by atoms with Crippen LogP contribution in [0.15, 0.2) is 25.6 Å². The van der Waals surface area contributed by atoms with Crippen molar-refractivity contribution in [1.29, 1.82) is 0 Å². The summed E-state index contributed by atoms with van der Waals surface area (Å²) in [5.41, 5.74) is 0. The van der Waals surface area contributed by atoms with Crippen LogP contribution in [0.5, 0.6) is 0 Å². The molecule has 104 valence electrons.